The summed E-state index contributed by atoms with van der Waals surface area (Å²) in [6.07, 6.45) is 3.49. The van der Waals surface area contributed by atoms with Crippen LogP contribution in [0.3, 0.4) is 0 Å². The molecule has 1 aliphatic heterocycles. The standard InChI is InChI=1S/C14H24N4O2/c1-3-7-17-8-10-18(11-9-17)14(16-12-19)15-6-5-13(20)4-2/h3,12H,1,4-11H2,2H3,(H,15,16,19). The second-order valence-corrected chi connectivity index (χ2v) is 4.69. The number of Topliss-reactive ketones (excluding diaryl/α,β-unsaturated/α-hetero) is 1. The number of nitrogens with one attached hydrogen (secondary N) is 1. The van der Waals surface area contributed by atoms with Crippen molar-refractivity contribution in [1.82, 2.24) is 15.1 Å². The normalized spacial score (nSPS) is 16.9. The van der Waals surface area contributed by atoms with Gasteiger partial charge in [0.2, 0.25) is 12.4 Å². The van der Waals surface area contributed by atoms with Crippen molar-refractivity contribution in [3.05, 3.63) is 12.7 Å². The van der Waals surface area contributed by atoms with E-state index < -0.39 is 0 Å². The molecular formula is C14H24N4O2. The highest BCUT2D eigenvalue weighted by Crippen LogP contribution is 2.02. The number of ketones is 1. The van der Waals surface area contributed by atoms with Crippen molar-refractivity contribution in [2.24, 2.45) is 4.99 Å². The Labute approximate surface area is 120 Å². The zero-order valence-corrected chi connectivity index (χ0v) is 12.2. The molecular weight excluding hydrogens is 256 g/mol. The van der Waals surface area contributed by atoms with Gasteiger partial charge in [0.1, 0.15) is 5.78 Å². The molecule has 20 heavy (non-hydrogen) atoms. The maximum atomic E-state index is 11.3. The third-order valence-corrected chi connectivity index (χ3v) is 3.29. The van der Waals surface area contributed by atoms with E-state index in [9.17, 15) is 9.59 Å². The van der Waals surface area contributed by atoms with Gasteiger partial charge in [0.05, 0.1) is 0 Å². The summed E-state index contributed by atoms with van der Waals surface area (Å²) in [6.45, 7) is 10.3. The van der Waals surface area contributed by atoms with Gasteiger partial charge in [0, 0.05) is 52.1 Å². The second-order valence-electron chi connectivity index (χ2n) is 4.69. The van der Waals surface area contributed by atoms with Gasteiger partial charge in [-0.2, -0.15) is 0 Å². The number of hydrogen-bond acceptors (Lipinski definition) is 4. The Morgan fingerprint density at radius 2 is 2.05 bits per heavy atom. The Bertz CT molecular complexity index is 360. The van der Waals surface area contributed by atoms with Crippen molar-refractivity contribution in [3.8, 4) is 0 Å². The van der Waals surface area contributed by atoms with Gasteiger partial charge in [-0.15, -0.1) is 6.58 Å². The van der Waals surface area contributed by atoms with E-state index >= 15 is 0 Å². The van der Waals surface area contributed by atoms with Crippen LogP contribution in [0, 0.1) is 0 Å². The second kappa shape index (κ2) is 9.25. The van der Waals surface area contributed by atoms with Crippen molar-refractivity contribution < 1.29 is 9.59 Å². The highest BCUT2D eigenvalue weighted by atomic mass is 16.1. The van der Waals surface area contributed by atoms with E-state index in [4.69, 9.17) is 0 Å². The number of hydrogen-bond donors (Lipinski definition) is 1. The fourth-order valence-electron chi connectivity index (χ4n) is 2.08. The number of amides is 1. The third kappa shape index (κ3) is 5.52. The number of carbonyl (C=O) groups is 2. The lowest BCUT2D eigenvalue weighted by molar-refractivity contribution is -0.118. The van der Waals surface area contributed by atoms with Gasteiger partial charge >= 0.3 is 0 Å². The van der Waals surface area contributed by atoms with Crippen molar-refractivity contribution >= 4 is 18.2 Å². The van der Waals surface area contributed by atoms with Gasteiger partial charge in [-0.1, -0.05) is 13.0 Å². The number of nitrogens with zero attached hydrogens (tertiary/aromatic N) is 3. The van der Waals surface area contributed by atoms with Crippen LogP contribution in [0.15, 0.2) is 17.6 Å². The number of carbonyl (C=O) groups excluding carboxylic acids is 2. The van der Waals surface area contributed by atoms with E-state index in [1.165, 1.54) is 0 Å². The number of piperazine rings is 1. The SMILES string of the molecule is C=CCN1CCN(C(=NCCC(=O)CC)NC=O)CC1. The van der Waals surface area contributed by atoms with Crippen LogP contribution in [0.25, 0.3) is 0 Å². The molecule has 1 rings (SSSR count). The van der Waals surface area contributed by atoms with Crippen LogP contribution >= 0.6 is 0 Å². The molecule has 0 atom stereocenters. The molecule has 0 spiro atoms. The van der Waals surface area contributed by atoms with Crippen molar-refractivity contribution in [3.63, 3.8) is 0 Å². The molecule has 1 fully saturated rings. The summed E-state index contributed by atoms with van der Waals surface area (Å²) in [4.78, 5) is 30.6. The van der Waals surface area contributed by atoms with Gasteiger partial charge < -0.3 is 4.90 Å². The maximum absolute atomic E-state index is 11.3. The Kier molecular flexibility index (Phi) is 7.57. The zero-order chi connectivity index (χ0) is 14.8. The number of aliphatic imine (C=N–C) groups is 1. The van der Waals surface area contributed by atoms with E-state index in [0.717, 1.165) is 32.7 Å². The molecule has 0 bridgehead atoms. The lowest BCUT2D eigenvalue weighted by atomic mass is 10.2. The minimum absolute atomic E-state index is 0.190. The molecule has 1 amide bonds. The van der Waals surface area contributed by atoms with Crippen molar-refractivity contribution in [2.75, 3.05) is 39.3 Å². The van der Waals surface area contributed by atoms with Crippen LogP contribution in [-0.4, -0.2) is 67.2 Å². The topological polar surface area (TPSA) is 65.0 Å². The largest absolute Gasteiger partial charge is 0.340 e. The Balaban J connectivity index is 2.49. The molecule has 6 nitrogen and oxygen atoms in total. The van der Waals surface area contributed by atoms with Gasteiger partial charge in [-0.05, 0) is 0 Å². The monoisotopic (exact) mass is 280 g/mol. The molecule has 0 aromatic rings. The first-order chi connectivity index (χ1) is 9.71. The minimum Gasteiger partial charge on any atom is -0.340 e. The fourth-order valence-corrected chi connectivity index (χ4v) is 2.08. The Morgan fingerprint density at radius 1 is 1.35 bits per heavy atom. The van der Waals surface area contributed by atoms with Crippen LogP contribution < -0.4 is 5.32 Å². The maximum Gasteiger partial charge on any atom is 0.213 e. The average Bonchev–Trinajstić information content (AvgIpc) is 2.47. The van der Waals surface area contributed by atoms with Crippen LogP contribution in [0.5, 0.6) is 0 Å². The third-order valence-electron chi connectivity index (χ3n) is 3.29. The zero-order valence-electron chi connectivity index (χ0n) is 12.2. The highest BCUT2D eigenvalue weighted by molar-refractivity contribution is 5.89. The molecule has 6 heteroatoms. The molecule has 1 saturated heterocycles. The molecule has 112 valence electrons. The van der Waals surface area contributed by atoms with Crippen molar-refractivity contribution in [1.29, 1.82) is 0 Å². The first kappa shape index (κ1) is 16.4. The molecule has 0 aromatic carbocycles. The first-order valence-corrected chi connectivity index (χ1v) is 7.05. The molecule has 0 radical (unpaired) electrons. The van der Waals surface area contributed by atoms with E-state index in [2.05, 4.69) is 21.8 Å². The van der Waals surface area contributed by atoms with E-state index in [1.807, 2.05) is 17.9 Å². The van der Waals surface area contributed by atoms with Crippen molar-refractivity contribution in [2.45, 2.75) is 19.8 Å². The smallest absolute Gasteiger partial charge is 0.213 e. The number of guanidine groups is 1. The van der Waals surface area contributed by atoms with Gasteiger partial charge in [-0.3, -0.25) is 24.8 Å². The summed E-state index contributed by atoms with van der Waals surface area (Å²) in [6, 6.07) is 0. The molecule has 1 aliphatic rings. The van der Waals surface area contributed by atoms with E-state index in [1.54, 1.807) is 0 Å². The van der Waals surface area contributed by atoms with Crippen LogP contribution in [-0.2, 0) is 9.59 Å². The van der Waals surface area contributed by atoms with Crippen LogP contribution in [0.1, 0.15) is 19.8 Å². The van der Waals surface area contributed by atoms with Crippen LogP contribution in [0.4, 0.5) is 0 Å². The summed E-state index contributed by atoms with van der Waals surface area (Å²) in [5.74, 6) is 0.761. The molecule has 0 aliphatic carbocycles. The Hall–Kier alpha value is -1.69. The minimum atomic E-state index is 0.190. The molecule has 0 saturated carbocycles. The molecule has 1 N–H and O–H groups in total. The van der Waals surface area contributed by atoms with E-state index in [0.29, 0.717) is 31.8 Å². The summed E-state index contributed by atoms with van der Waals surface area (Å²) in [7, 11) is 0. The van der Waals surface area contributed by atoms with Crippen LogP contribution in [0.2, 0.25) is 0 Å². The number of rotatable bonds is 7. The Morgan fingerprint density at radius 3 is 2.60 bits per heavy atom. The van der Waals surface area contributed by atoms with Gasteiger partial charge in [-0.25, -0.2) is 0 Å². The molecule has 0 aromatic heterocycles. The molecule has 1 heterocycles. The fraction of sp³-hybridized carbons (Fsp3) is 0.643. The first-order valence-electron chi connectivity index (χ1n) is 7.05. The quantitative estimate of drug-likeness (QED) is 0.314. The predicted octanol–water partition coefficient (Wildman–Crippen LogP) is 0.261. The lowest BCUT2D eigenvalue weighted by Gasteiger charge is -2.35. The summed E-state index contributed by atoms with van der Waals surface area (Å²) >= 11 is 0. The van der Waals surface area contributed by atoms with Gasteiger partial charge in [0.15, 0.2) is 0 Å². The van der Waals surface area contributed by atoms with Gasteiger partial charge in [0.25, 0.3) is 0 Å². The lowest BCUT2D eigenvalue weighted by Crippen LogP contribution is -2.52. The molecule has 0 unspecified atom stereocenters. The summed E-state index contributed by atoms with van der Waals surface area (Å²) < 4.78 is 0. The average molecular weight is 280 g/mol. The van der Waals surface area contributed by atoms with E-state index in [-0.39, 0.29) is 5.78 Å². The summed E-state index contributed by atoms with van der Waals surface area (Å²) in [5.41, 5.74) is 0. The summed E-state index contributed by atoms with van der Waals surface area (Å²) in [5, 5.41) is 2.64. The highest BCUT2D eigenvalue weighted by Gasteiger charge is 2.18. The predicted molar refractivity (Wildman–Crippen MR) is 79.6 cm³/mol.